The van der Waals surface area contributed by atoms with Gasteiger partial charge in [0.2, 0.25) is 0 Å². The van der Waals surface area contributed by atoms with Gasteiger partial charge in [0.25, 0.3) is 5.91 Å². The molecule has 0 radical (unpaired) electrons. The molecule has 1 amide bonds. The van der Waals surface area contributed by atoms with E-state index in [1.165, 1.54) is 0 Å². The Morgan fingerprint density at radius 2 is 1.59 bits per heavy atom. The van der Waals surface area contributed by atoms with Gasteiger partial charge >= 0.3 is 0 Å². The first kappa shape index (κ1) is 18.2. The van der Waals surface area contributed by atoms with Crippen molar-refractivity contribution in [2.24, 2.45) is 5.10 Å². The fourth-order valence-electron chi connectivity index (χ4n) is 3.16. The summed E-state index contributed by atoms with van der Waals surface area (Å²) < 4.78 is 5.42. The molecule has 0 atom stereocenters. The molecule has 0 unspecified atom stereocenters. The average molecular weight is 379 g/mol. The minimum Gasteiger partial charge on any atom is -0.484 e. The van der Waals surface area contributed by atoms with E-state index in [9.17, 15) is 4.79 Å². The summed E-state index contributed by atoms with van der Waals surface area (Å²) in [5.41, 5.74) is 3.99. The van der Waals surface area contributed by atoms with Crippen LogP contribution in [0.25, 0.3) is 21.5 Å². The van der Waals surface area contributed by atoms with Gasteiger partial charge in [-0.2, -0.15) is 10.4 Å². The first-order valence-corrected chi connectivity index (χ1v) is 9.10. The van der Waals surface area contributed by atoms with E-state index in [-0.39, 0.29) is 12.5 Å². The van der Waals surface area contributed by atoms with E-state index in [0.29, 0.717) is 11.3 Å². The number of carbonyl (C=O) groups excluding carboxylic acids is 1. The zero-order chi connectivity index (χ0) is 20.1. The highest BCUT2D eigenvalue weighted by molar-refractivity contribution is 6.13. The first-order valence-electron chi connectivity index (χ1n) is 9.10. The molecule has 5 nitrogen and oxygen atoms in total. The quantitative estimate of drug-likeness (QED) is 0.317. The van der Waals surface area contributed by atoms with Gasteiger partial charge in [-0.1, -0.05) is 48.5 Å². The van der Waals surface area contributed by atoms with Crippen LogP contribution in [0.5, 0.6) is 5.75 Å². The maximum absolute atomic E-state index is 12.1. The molecule has 0 aliphatic rings. The SMILES string of the molecule is N#Cc1ccc(OCC(=O)N/N=C\c2c3ccccc3cc3ccccc23)cc1. The molecule has 0 heterocycles. The molecule has 0 spiro atoms. The van der Waals surface area contributed by atoms with Gasteiger partial charge in [-0.15, -0.1) is 0 Å². The molecule has 1 N–H and O–H groups in total. The minimum atomic E-state index is -0.366. The van der Waals surface area contributed by atoms with Crippen molar-refractivity contribution in [1.29, 1.82) is 5.26 Å². The second kappa shape index (κ2) is 8.24. The number of nitrogens with zero attached hydrogens (tertiary/aromatic N) is 2. The van der Waals surface area contributed by atoms with Crippen molar-refractivity contribution >= 4 is 33.7 Å². The Labute approximate surface area is 167 Å². The summed E-state index contributed by atoms with van der Waals surface area (Å²) in [4.78, 5) is 12.1. The second-order valence-electron chi connectivity index (χ2n) is 6.45. The number of nitrogens with one attached hydrogen (secondary N) is 1. The van der Waals surface area contributed by atoms with E-state index >= 15 is 0 Å². The van der Waals surface area contributed by atoms with Gasteiger partial charge in [-0.25, -0.2) is 5.43 Å². The normalized spacial score (nSPS) is 10.9. The maximum atomic E-state index is 12.1. The Morgan fingerprint density at radius 1 is 0.966 bits per heavy atom. The van der Waals surface area contributed by atoms with Gasteiger partial charge in [-0.05, 0) is 51.9 Å². The lowest BCUT2D eigenvalue weighted by molar-refractivity contribution is -0.123. The summed E-state index contributed by atoms with van der Waals surface area (Å²) in [6.07, 6.45) is 1.67. The molecule has 0 aliphatic heterocycles. The average Bonchev–Trinajstić information content (AvgIpc) is 2.77. The number of hydrogen-bond acceptors (Lipinski definition) is 4. The lowest BCUT2D eigenvalue weighted by Crippen LogP contribution is -2.24. The van der Waals surface area contributed by atoms with Crippen molar-refractivity contribution in [1.82, 2.24) is 5.43 Å². The zero-order valence-corrected chi connectivity index (χ0v) is 15.5. The molecule has 0 bridgehead atoms. The summed E-state index contributed by atoms with van der Waals surface area (Å²) in [5, 5.41) is 17.3. The van der Waals surface area contributed by atoms with E-state index in [1.54, 1.807) is 30.5 Å². The maximum Gasteiger partial charge on any atom is 0.277 e. The monoisotopic (exact) mass is 379 g/mol. The lowest BCUT2D eigenvalue weighted by atomic mass is 9.97. The van der Waals surface area contributed by atoms with Crippen LogP contribution in [-0.4, -0.2) is 18.7 Å². The molecule has 29 heavy (non-hydrogen) atoms. The summed E-state index contributed by atoms with van der Waals surface area (Å²) in [7, 11) is 0. The van der Waals surface area contributed by atoms with Gasteiger partial charge in [-0.3, -0.25) is 4.79 Å². The number of hydrazone groups is 1. The Balaban J connectivity index is 1.49. The van der Waals surface area contributed by atoms with Crippen LogP contribution in [0.1, 0.15) is 11.1 Å². The van der Waals surface area contributed by atoms with E-state index in [0.717, 1.165) is 27.1 Å². The Morgan fingerprint density at radius 3 is 2.21 bits per heavy atom. The van der Waals surface area contributed by atoms with Crippen molar-refractivity contribution < 1.29 is 9.53 Å². The molecule has 0 fully saturated rings. The van der Waals surface area contributed by atoms with Crippen LogP contribution in [-0.2, 0) is 4.79 Å². The lowest BCUT2D eigenvalue weighted by Gasteiger charge is -2.08. The molecular formula is C24H17N3O2. The molecule has 140 valence electrons. The highest BCUT2D eigenvalue weighted by Gasteiger charge is 2.06. The van der Waals surface area contributed by atoms with Crippen LogP contribution in [0.4, 0.5) is 0 Å². The molecule has 0 saturated carbocycles. The van der Waals surface area contributed by atoms with E-state index in [4.69, 9.17) is 10.00 Å². The molecule has 0 saturated heterocycles. The van der Waals surface area contributed by atoms with Gasteiger partial charge in [0.15, 0.2) is 6.61 Å². The summed E-state index contributed by atoms with van der Waals surface area (Å²) in [6, 6.07) is 26.9. The largest absolute Gasteiger partial charge is 0.484 e. The minimum absolute atomic E-state index is 0.167. The second-order valence-corrected chi connectivity index (χ2v) is 6.45. The van der Waals surface area contributed by atoms with Gasteiger partial charge in [0, 0.05) is 5.56 Å². The van der Waals surface area contributed by atoms with Crippen molar-refractivity contribution in [3.05, 3.63) is 90.0 Å². The molecular weight excluding hydrogens is 362 g/mol. The highest BCUT2D eigenvalue weighted by Crippen LogP contribution is 2.27. The van der Waals surface area contributed by atoms with Crippen molar-refractivity contribution in [2.45, 2.75) is 0 Å². The fraction of sp³-hybridized carbons (Fsp3) is 0.0417. The van der Waals surface area contributed by atoms with E-state index < -0.39 is 0 Å². The summed E-state index contributed by atoms with van der Waals surface area (Å²) >= 11 is 0. The third kappa shape index (κ3) is 4.07. The predicted octanol–water partition coefficient (Wildman–Crippen LogP) is 4.39. The van der Waals surface area contributed by atoms with Crippen LogP contribution in [0.3, 0.4) is 0 Å². The van der Waals surface area contributed by atoms with Gasteiger partial charge in [0.05, 0.1) is 17.8 Å². The molecule has 0 aliphatic carbocycles. The van der Waals surface area contributed by atoms with Crippen LogP contribution >= 0.6 is 0 Å². The Hall–Kier alpha value is -4.17. The van der Waals surface area contributed by atoms with Gasteiger partial charge in [0.1, 0.15) is 5.75 Å². The number of hydrogen-bond donors (Lipinski definition) is 1. The van der Waals surface area contributed by atoms with E-state index in [1.807, 2.05) is 42.5 Å². The molecule has 4 aromatic rings. The number of benzene rings is 4. The van der Waals surface area contributed by atoms with Gasteiger partial charge < -0.3 is 4.74 Å². The Kier molecular flexibility index (Phi) is 5.17. The number of carbonyl (C=O) groups is 1. The number of nitriles is 1. The van der Waals surface area contributed by atoms with Crippen LogP contribution in [0, 0.1) is 11.3 Å². The number of amides is 1. The molecule has 0 aromatic heterocycles. The smallest absolute Gasteiger partial charge is 0.277 e. The zero-order valence-electron chi connectivity index (χ0n) is 15.5. The molecule has 5 heteroatoms. The molecule has 4 rings (SSSR count). The third-order valence-corrected chi connectivity index (χ3v) is 4.55. The topological polar surface area (TPSA) is 74.5 Å². The predicted molar refractivity (Wildman–Crippen MR) is 114 cm³/mol. The van der Waals surface area contributed by atoms with Crippen molar-refractivity contribution in [3.8, 4) is 11.8 Å². The number of ether oxygens (including phenoxy) is 1. The summed E-state index contributed by atoms with van der Waals surface area (Å²) in [6.45, 7) is -0.167. The number of fused-ring (bicyclic) bond motifs is 2. The van der Waals surface area contributed by atoms with Crippen LogP contribution < -0.4 is 10.2 Å². The number of rotatable bonds is 5. The highest BCUT2D eigenvalue weighted by atomic mass is 16.5. The molecule has 4 aromatic carbocycles. The third-order valence-electron chi connectivity index (χ3n) is 4.55. The van der Waals surface area contributed by atoms with Crippen molar-refractivity contribution in [2.75, 3.05) is 6.61 Å². The standard InChI is InChI=1S/C24H17N3O2/c25-14-17-9-11-20(12-10-17)29-16-24(28)27-26-15-23-21-7-3-1-5-18(21)13-19-6-2-4-8-22(19)23/h1-13,15H,16H2,(H,27,28)/b26-15-. The fourth-order valence-corrected chi connectivity index (χ4v) is 3.16. The first-order chi connectivity index (χ1) is 14.2. The summed E-state index contributed by atoms with van der Waals surface area (Å²) in [5.74, 6) is 0.151. The van der Waals surface area contributed by atoms with Crippen LogP contribution in [0.15, 0.2) is 84.0 Å². The van der Waals surface area contributed by atoms with Crippen LogP contribution in [0.2, 0.25) is 0 Å². The van der Waals surface area contributed by atoms with E-state index in [2.05, 4.69) is 28.7 Å². The Bertz CT molecular complexity index is 1200. The van der Waals surface area contributed by atoms with Crippen molar-refractivity contribution in [3.63, 3.8) is 0 Å².